The van der Waals surface area contributed by atoms with Gasteiger partial charge in [0.2, 0.25) is 5.91 Å². The minimum atomic E-state index is -0.595. The third-order valence-electron chi connectivity index (χ3n) is 3.08. The zero-order valence-electron chi connectivity index (χ0n) is 11.5. The van der Waals surface area contributed by atoms with Crippen molar-refractivity contribution in [3.8, 4) is 10.6 Å². The van der Waals surface area contributed by atoms with Crippen molar-refractivity contribution >= 4 is 22.9 Å². The summed E-state index contributed by atoms with van der Waals surface area (Å²) in [7, 11) is 0. The number of carbonyl (C=O) groups is 1. The molecule has 3 aromatic rings. The highest BCUT2D eigenvalue weighted by atomic mass is 32.1. The van der Waals surface area contributed by atoms with E-state index in [-0.39, 0.29) is 22.9 Å². The number of nitro groups is 1. The predicted molar refractivity (Wildman–Crippen MR) is 80.7 cm³/mol. The second-order valence-corrected chi connectivity index (χ2v) is 5.60. The molecule has 0 aliphatic rings. The molecule has 3 aromatic heterocycles. The standard InChI is InChI=1S/C14H9FN4O3S/c15-13-4-3-12(23-13)9-1-2-11(19(21)22)10(17-9)7-14(20)18-6-5-16-8-18/h1-6,8H,7H2. The zero-order chi connectivity index (χ0) is 16.4. The fourth-order valence-electron chi connectivity index (χ4n) is 2.02. The van der Waals surface area contributed by atoms with Crippen molar-refractivity contribution in [1.29, 1.82) is 0 Å². The van der Waals surface area contributed by atoms with Crippen LogP contribution in [0.25, 0.3) is 10.6 Å². The first-order chi connectivity index (χ1) is 11.0. The van der Waals surface area contributed by atoms with Gasteiger partial charge in [-0.05, 0) is 18.2 Å². The molecule has 0 aliphatic heterocycles. The van der Waals surface area contributed by atoms with Crippen LogP contribution in [0.4, 0.5) is 10.1 Å². The van der Waals surface area contributed by atoms with Crippen LogP contribution in [0.1, 0.15) is 10.5 Å². The maximum absolute atomic E-state index is 13.1. The summed E-state index contributed by atoms with van der Waals surface area (Å²) in [6.45, 7) is 0. The highest BCUT2D eigenvalue weighted by Crippen LogP contribution is 2.28. The van der Waals surface area contributed by atoms with Gasteiger partial charge in [-0.2, -0.15) is 4.39 Å². The van der Waals surface area contributed by atoms with Crippen LogP contribution in [0, 0.1) is 15.2 Å². The third-order valence-corrected chi connectivity index (χ3v) is 3.98. The molecule has 116 valence electrons. The van der Waals surface area contributed by atoms with Crippen LogP contribution in [-0.4, -0.2) is 25.4 Å². The number of rotatable bonds is 4. The second-order valence-electron chi connectivity index (χ2n) is 4.56. The Morgan fingerprint density at radius 3 is 2.78 bits per heavy atom. The van der Waals surface area contributed by atoms with E-state index in [1.807, 2.05) is 0 Å². The monoisotopic (exact) mass is 332 g/mol. The molecule has 0 unspecified atom stereocenters. The quantitative estimate of drug-likeness (QED) is 0.541. The van der Waals surface area contributed by atoms with E-state index in [0.717, 1.165) is 11.3 Å². The lowest BCUT2D eigenvalue weighted by molar-refractivity contribution is -0.385. The first-order valence-corrected chi connectivity index (χ1v) is 7.27. The van der Waals surface area contributed by atoms with Gasteiger partial charge in [0.25, 0.3) is 5.69 Å². The van der Waals surface area contributed by atoms with Crippen LogP contribution < -0.4 is 0 Å². The van der Waals surface area contributed by atoms with Crippen molar-refractivity contribution in [3.63, 3.8) is 0 Å². The van der Waals surface area contributed by atoms with Crippen LogP contribution in [0.15, 0.2) is 43.0 Å². The Kier molecular flexibility index (Phi) is 3.94. The molecule has 0 aromatic carbocycles. The van der Waals surface area contributed by atoms with E-state index in [2.05, 4.69) is 9.97 Å². The van der Waals surface area contributed by atoms with E-state index in [9.17, 15) is 19.3 Å². The van der Waals surface area contributed by atoms with Crippen LogP contribution in [0.2, 0.25) is 0 Å². The van der Waals surface area contributed by atoms with Crippen molar-refractivity contribution in [2.75, 3.05) is 0 Å². The number of hydrogen-bond acceptors (Lipinski definition) is 6. The van der Waals surface area contributed by atoms with Gasteiger partial charge in [-0.25, -0.2) is 9.97 Å². The maximum atomic E-state index is 13.1. The topological polar surface area (TPSA) is 90.9 Å². The average molecular weight is 332 g/mol. The van der Waals surface area contributed by atoms with Gasteiger partial charge >= 0.3 is 0 Å². The number of carbonyl (C=O) groups excluding carboxylic acids is 1. The summed E-state index contributed by atoms with van der Waals surface area (Å²) in [6.07, 6.45) is 3.94. The molecule has 0 aliphatic carbocycles. The van der Waals surface area contributed by atoms with E-state index in [1.54, 1.807) is 0 Å². The number of imidazole rings is 1. The number of pyridine rings is 1. The van der Waals surface area contributed by atoms with Crippen molar-refractivity contribution in [3.05, 3.63) is 63.9 Å². The number of hydrogen-bond donors (Lipinski definition) is 0. The molecule has 0 atom stereocenters. The first kappa shape index (κ1) is 15.0. The number of halogens is 1. The minimum absolute atomic E-state index is 0.0278. The molecule has 23 heavy (non-hydrogen) atoms. The fourth-order valence-corrected chi connectivity index (χ4v) is 2.72. The number of aromatic nitrogens is 3. The Morgan fingerprint density at radius 1 is 1.35 bits per heavy atom. The first-order valence-electron chi connectivity index (χ1n) is 6.46. The van der Waals surface area contributed by atoms with Gasteiger partial charge < -0.3 is 0 Å². The molecular weight excluding hydrogens is 323 g/mol. The highest BCUT2D eigenvalue weighted by Gasteiger charge is 2.20. The van der Waals surface area contributed by atoms with Gasteiger partial charge in [0.15, 0.2) is 5.13 Å². The molecule has 0 amide bonds. The van der Waals surface area contributed by atoms with Crippen LogP contribution in [-0.2, 0) is 6.42 Å². The lowest BCUT2D eigenvalue weighted by Crippen LogP contribution is -2.14. The van der Waals surface area contributed by atoms with E-state index in [1.165, 1.54) is 47.6 Å². The van der Waals surface area contributed by atoms with Crippen molar-refractivity contribution < 1.29 is 14.1 Å². The van der Waals surface area contributed by atoms with Crippen LogP contribution >= 0.6 is 11.3 Å². The Bertz CT molecular complexity index is 876. The summed E-state index contributed by atoms with van der Waals surface area (Å²) in [5.41, 5.74) is 0.164. The fraction of sp³-hybridized carbons (Fsp3) is 0.0714. The van der Waals surface area contributed by atoms with Gasteiger partial charge in [-0.15, -0.1) is 11.3 Å². The number of nitrogens with zero attached hydrogens (tertiary/aromatic N) is 4. The SMILES string of the molecule is O=C(Cc1nc(-c2ccc(F)s2)ccc1[N+](=O)[O-])n1ccnc1. The molecule has 0 fully saturated rings. The molecule has 0 saturated heterocycles. The van der Waals surface area contributed by atoms with Crippen molar-refractivity contribution in [2.24, 2.45) is 0 Å². The Labute approximate surface area is 133 Å². The normalized spacial score (nSPS) is 10.7. The largest absolute Gasteiger partial charge is 0.291 e. The lowest BCUT2D eigenvalue weighted by atomic mass is 10.2. The van der Waals surface area contributed by atoms with Gasteiger partial charge in [-0.3, -0.25) is 19.5 Å². The van der Waals surface area contributed by atoms with E-state index < -0.39 is 10.8 Å². The van der Waals surface area contributed by atoms with Crippen LogP contribution in [0.3, 0.4) is 0 Å². The smallest absolute Gasteiger partial charge is 0.276 e. The van der Waals surface area contributed by atoms with E-state index in [0.29, 0.717) is 10.6 Å². The molecule has 0 saturated carbocycles. The molecule has 7 nitrogen and oxygen atoms in total. The van der Waals surface area contributed by atoms with Gasteiger partial charge in [-0.1, -0.05) is 0 Å². The Hall–Kier alpha value is -2.94. The molecule has 9 heteroatoms. The zero-order valence-corrected chi connectivity index (χ0v) is 12.4. The molecular formula is C14H9FN4O3S. The van der Waals surface area contributed by atoms with Crippen LogP contribution in [0.5, 0.6) is 0 Å². The molecule has 3 heterocycles. The summed E-state index contributed by atoms with van der Waals surface area (Å²) in [5, 5.41) is 10.7. The van der Waals surface area contributed by atoms with Crippen molar-refractivity contribution in [1.82, 2.24) is 14.5 Å². The summed E-state index contributed by atoms with van der Waals surface area (Å²) in [6, 6.07) is 5.54. The minimum Gasteiger partial charge on any atom is -0.276 e. The summed E-state index contributed by atoms with van der Waals surface area (Å²) >= 11 is 0.881. The molecule has 0 radical (unpaired) electrons. The van der Waals surface area contributed by atoms with E-state index in [4.69, 9.17) is 0 Å². The van der Waals surface area contributed by atoms with Gasteiger partial charge in [0.1, 0.15) is 12.0 Å². The highest BCUT2D eigenvalue weighted by molar-refractivity contribution is 7.13. The predicted octanol–water partition coefficient (Wildman–Crippen LogP) is 2.94. The summed E-state index contributed by atoms with van der Waals surface area (Å²) < 4.78 is 14.4. The Morgan fingerprint density at radius 2 is 2.17 bits per heavy atom. The number of thiophene rings is 1. The molecule has 0 bridgehead atoms. The van der Waals surface area contributed by atoms with E-state index >= 15 is 0 Å². The van der Waals surface area contributed by atoms with Crippen molar-refractivity contribution in [2.45, 2.75) is 6.42 Å². The molecule has 0 spiro atoms. The summed E-state index contributed by atoms with van der Waals surface area (Å²) in [5.74, 6) is -0.396. The van der Waals surface area contributed by atoms with Gasteiger partial charge in [0, 0.05) is 18.5 Å². The molecule has 3 rings (SSSR count). The molecule has 0 N–H and O–H groups in total. The third kappa shape index (κ3) is 3.14. The van der Waals surface area contributed by atoms with Gasteiger partial charge in [0.05, 0.1) is 21.9 Å². The maximum Gasteiger partial charge on any atom is 0.291 e. The average Bonchev–Trinajstić information content (AvgIpc) is 3.18. The lowest BCUT2D eigenvalue weighted by Gasteiger charge is -2.05. The summed E-state index contributed by atoms with van der Waals surface area (Å²) in [4.78, 5) is 31.1. The second kappa shape index (κ2) is 6.05. The Balaban J connectivity index is 1.98.